The molecule has 1 aliphatic heterocycles. The maximum atomic E-state index is 5.86. The van der Waals surface area contributed by atoms with Crippen molar-refractivity contribution >= 4 is 29.9 Å². The number of rotatable bonds is 8. The summed E-state index contributed by atoms with van der Waals surface area (Å²) in [5.41, 5.74) is 2.66. The molecule has 2 aromatic rings. The lowest BCUT2D eigenvalue weighted by molar-refractivity contribution is -0.0705. The molecule has 1 saturated heterocycles. The van der Waals surface area contributed by atoms with Gasteiger partial charge in [0.1, 0.15) is 0 Å². The molecule has 0 bridgehead atoms. The Labute approximate surface area is 197 Å². The van der Waals surface area contributed by atoms with Crippen molar-refractivity contribution < 1.29 is 4.74 Å². The SMILES string of the molecule is CN=C(NCCCn1cccn1)NCc1ccccc1CN1CC(C)OC(C)C1.I. The van der Waals surface area contributed by atoms with Crippen molar-refractivity contribution in [3.05, 3.63) is 53.9 Å². The molecule has 2 unspecified atom stereocenters. The number of guanidine groups is 1. The molecule has 166 valence electrons. The highest BCUT2D eigenvalue weighted by Gasteiger charge is 2.22. The average Bonchev–Trinajstić information content (AvgIpc) is 3.21. The molecule has 0 saturated carbocycles. The summed E-state index contributed by atoms with van der Waals surface area (Å²) in [6.45, 7) is 9.71. The summed E-state index contributed by atoms with van der Waals surface area (Å²) in [7, 11) is 1.81. The van der Waals surface area contributed by atoms with Crippen molar-refractivity contribution in [1.29, 1.82) is 0 Å². The maximum absolute atomic E-state index is 5.86. The molecule has 2 N–H and O–H groups in total. The summed E-state index contributed by atoms with van der Waals surface area (Å²) in [4.78, 5) is 6.83. The second kappa shape index (κ2) is 12.9. The van der Waals surface area contributed by atoms with Crippen LogP contribution in [0.1, 0.15) is 31.4 Å². The normalized spacial score (nSPS) is 19.9. The van der Waals surface area contributed by atoms with Crippen molar-refractivity contribution in [3.63, 3.8) is 0 Å². The zero-order valence-corrected chi connectivity index (χ0v) is 20.6. The molecule has 1 aliphatic rings. The Kier molecular flexibility index (Phi) is 10.6. The minimum Gasteiger partial charge on any atom is -0.373 e. The van der Waals surface area contributed by atoms with E-state index in [-0.39, 0.29) is 36.2 Å². The molecule has 0 radical (unpaired) electrons. The van der Waals surface area contributed by atoms with Crippen LogP contribution in [0.25, 0.3) is 0 Å². The summed E-state index contributed by atoms with van der Waals surface area (Å²) < 4.78 is 7.81. The van der Waals surface area contributed by atoms with Gasteiger partial charge in [-0.1, -0.05) is 24.3 Å². The van der Waals surface area contributed by atoms with Crippen LogP contribution >= 0.6 is 24.0 Å². The van der Waals surface area contributed by atoms with Gasteiger partial charge < -0.3 is 15.4 Å². The fraction of sp³-hybridized carbons (Fsp3) is 0.545. The molecule has 30 heavy (non-hydrogen) atoms. The van der Waals surface area contributed by atoms with E-state index in [0.29, 0.717) is 0 Å². The van der Waals surface area contributed by atoms with Gasteiger partial charge in [-0.05, 0) is 37.5 Å². The van der Waals surface area contributed by atoms with E-state index in [9.17, 15) is 0 Å². The number of hydrogen-bond donors (Lipinski definition) is 2. The first-order valence-electron chi connectivity index (χ1n) is 10.5. The molecule has 0 spiro atoms. The Morgan fingerprint density at radius 3 is 2.53 bits per heavy atom. The lowest BCUT2D eigenvalue weighted by atomic mass is 10.1. The summed E-state index contributed by atoms with van der Waals surface area (Å²) in [6.07, 6.45) is 5.36. The zero-order valence-electron chi connectivity index (χ0n) is 18.3. The topological polar surface area (TPSA) is 66.7 Å². The highest BCUT2D eigenvalue weighted by Crippen LogP contribution is 2.17. The first-order valence-corrected chi connectivity index (χ1v) is 10.5. The number of hydrogen-bond acceptors (Lipinski definition) is 4. The number of nitrogens with one attached hydrogen (secondary N) is 2. The van der Waals surface area contributed by atoms with Crippen molar-refractivity contribution in [2.75, 3.05) is 26.7 Å². The van der Waals surface area contributed by atoms with Gasteiger partial charge in [0.05, 0.1) is 12.2 Å². The molecule has 1 aromatic carbocycles. The second-order valence-corrected chi connectivity index (χ2v) is 7.70. The number of nitrogens with zero attached hydrogens (tertiary/aromatic N) is 4. The van der Waals surface area contributed by atoms with Gasteiger partial charge in [-0.3, -0.25) is 14.6 Å². The number of aromatic nitrogens is 2. The molecular formula is C22H35IN6O. The molecular weight excluding hydrogens is 491 g/mol. The summed E-state index contributed by atoms with van der Waals surface area (Å²) >= 11 is 0. The van der Waals surface area contributed by atoms with Gasteiger partial charge in [0.25, 0.3) is 0 Å². The Morgan fingerprint density at radius 2 is 1.87 bits per heavy atom. The molecule has 2 heterocycles. The number of aryl methyl sites for hydroxylation is 1. The van der Waals surface area contributed by atoms with E-state index in [1.807, 2.05) is 30.2 Å². The van der Waals surface area contributed by atoms with Crippen LogP contribution in [-0.4, -0.2) is 59.5 Å². The number of morpholine rings is 1. The molecule has 0 aliphatic carbocycles. The third-order valence-electron chi connectivity index (χ3n) is 5.09. The van der Waals surface area contributed by atoms with E-state index in [0.717, 1.165) is 51.6 Å². The third-order valence-corrected chi connectivity index (χ3v) is 5.09. The quantitative estimate of drug-likeness (QED) is 0.240. The Balaban J connectivity index is 0.00000320. The molecule has 3 rings (SSSR count). The lowest BCUT2D eigenvalue weighted by Gasteiger charge is -2.35. The number of halogens is 1. The highest BCUT2D eigenvalue weighted by molar-refractivity contribution is 14.0. The minimum atomic E-state index is 0. The molecule has 1 fully saturated rings. The summed E-state index contributed by atoms with van der Waals surface area (Å²) in [5.74, 6) is 0.828. The fourth-order valence-corrected chi connectivity index (χ4v) is 3.82. The van der Waals surface area contributed by atoms with Crippen LogP contribution in [-0.2, 0) is 24.4 Å². The van der Waals surface area contributed by atoms with Crippen molar-refractivity contribution in [1.82, 2.24) is 25.3 Å². The number of aliphatic imine (C=N–C) groups is 1. The highest BCUT2D eigenvalue weighted by atomic mass is 127. The molecule has 8 heteroatoms. The molecule has 0 amide bonds. The van der Waals surface area contributed by atoms with E-state index in [2.05, 4.69) is 63.7 Å². The molecule has 2 atom stereocenters. The zero-order chi connectivity index (χ0) is 20.5. The number of benzene rings is 1. The average molecular weight is 526 g/mol. The van der Waals surface area contributed by atoms with Gasteiger partial charge in [0.2, 0.25) is 0 Å². The fourth-order valence-electron chi connectivity index (χ4n) is 3.82. The van der Waals surface area contributed by atoms with Crippen LogP contribution in [0.2, 0.25) is 0 Å². The third kappa shape index (κ3) is 7.88. The standard InChI is InChI=1S/C22H34N6O.HI/c1-18-15-27(16-19(2)29-18)17-21-9-5-4-8-20(21)14-25-22(23-3)24-10-6-12-28-13-7-11-26-28;/h4-5,7-9,11,13,18-19H,6,10,12,14-17H2,1-3H3,(H2,23,24,25);1H. The molecule has 1 aromatic heterocycles. The predicted molar refractivity (Wildman–Crippen MR) is 132 cm³/mol. The van der Waals surface area contributed by atoms with E-state index < -0.39 is 0 Å². The van der Waals surface area contributed by atoms with Crippen LogP contribution in [0.15, 0.2) is 47.7 Å². The van der Waals surface area contributed by atoms with Crippen LogP contribution in [0.5, 0.6) is 0 Å². The lowest BCUT2D eigenvalue weighted by Crippen LogP contribution is -2.45. The van der Waals surface area contributed by atoms with Crippen LogP contribution < -0.4 is 10.6 Å². The van der Waals surface area contributed by atoms with Gasteiger partial charge in [-0.15, -0.1) is 24.0 Å². The van der Waals surface area contributed by atoms with E-state index >= 15 is 0 Å². The van der Waals surface area contributed by atoms with E-state index in [1.54, 1.807) is 0 Å². The minimum absolute atomic E-state index is 0. The van der Waals surface area contributed by atoms with Crippen molar-refractivity contribution in [2.24, 2.45) is 4.99 Å². The number of ether oxygens (including phenoxy) is 1. The van der Waals surface area contributed by atoms with Crippen molar-refractivity contribution in [3.8, 4) is 0 Å². The van der Waals surface area contributed by atoms with Gasteiger partial charge >= 0.3 is 0 Å². The van der Waals surface area contributed by atoms with Gasteiger partial charge in [0, 0.05) is 58.7 Å². The van der Waals surface area contributed by atoms with Crippen LogP contribution in [0, 0.1) is 0 Å². The first-order chi connectivity index (χ1) is 14.1. The monoisotopic (exact) mass is 526 g/mol. The van der Waals surface area contributed by atoms with E-state index in [4.69, 9.17) is 4.74 Å². The van der Waals surface area contributed by atoms with Crippen LogP contribution in [0.4, 0.5) is 0 Å². The van der Waals surface area contributed by atoms with Gasteiger partial charge in [-0.25, -0.2) is 0 Å². The van der Waals surface area contributed by atoms with Crippen molar-refractivity contribution in [2.45, 2.75) is 52.1 Å². The molecule has 7 nitrogen and oxygen atoms in total. The second-order valence-electron chi connectivity index (χ2n) is 7.70. The Hall–Kier alpha value is -1.65. The Morgan fingerprint density at radius 1 is 1.13 bits per heavy atom. The Bertz CT molecular complexity index is 757. The predicted octanol–water partition coefficient (Wildman–Crippen LogP) is 2.87. The van der Waals surface area contributed by atoms with Gasteiger partial charge in [0.15, 0.2) is 5.96 Å². The van der Waals surface area contributed by atoms with Gasteiger partial charge in [-0.2, -0.15) is 5.10 Å². The summed E-state index contributed by atoms with van der Waals surface area (Å²) in [6, 6.07) is 10.6. The summed E-state index contributed by atoms with van der Waals surface area (Å²) in [5, 5.41) is 11.1. The van der Waals surface area contributed by atoms with Crippen LogP contribution in [0.3, 0.4) is 0 Å². The maximum Gasteiger partial charge on any atom is 0.191 e. The first kappa shape index (κ1) is 24.6. The van der Waals surface area contributed by atoms with E-state index in [1.165, 1.54) is 11.1 Å². The largest absolute Gasteiger partial charge is 0.373 e. The smallest absolute Gasteiger partial charge is 0.191 e.